The second kappa shape index (κ2) is 13.6. The lowest BCUT2D eigenvalue weighted by Crippen LogP contribution is -2.46. The van der Waals surface area contributed by atoms with Gasteiger partial charge in [0.15, 0.2) is 0 Å². The van der Waals surface area contributed by atoms with E-state index in [-0.39, 0.29) is 11.5 Å². The van der Waals surface area contributed by atoms with Crippen molar-refractivity contribution in [3.63, 3.8) is 0 Å². The number of rotatable bonds is 14. The summed E-state index contributed by atoms with van der Waals surface area (Å²) in [6, 6.07) is 17.1. The number of ether oxygens (including phenoxy) is 1. The first-order chi connectivity index (χ1) is 19.9. The van der Waals surface area contributed by atoms with Crippen LogP contribution in [0.25, 0.3) is 0 Å². The van der Waals surface area contributed by atoms with Gasteiger partial charge in [0.2, 0.25) is 0 Å². The Bertz CT molecular complexity index is 1220. The smallest absolute Gasteiger partial charge is 0.338 e. The zero-order valence-electron chi connectivity index (χ0n) is 25.5. The van der Waals surface area contributed by atoms with Crippen molar-refractivity contribution in [2.24, 2.45) is 17.3 Å². The zero-order chi connectivity index (χ0) is 28.9. The summed E-state index contributed by atoms with van der Waals surface area (Å²) in [5.41, 5.74) is 4.03. The van der Waals surface area contributed by atoms with Gasteiger partial charge < -0.3 is 4.74 Å². The molecule has 5 rings (SSSR count). The van der Waals surface area contributed by atoms with Crippen molar-refractivity contribution in [1.29, 1.82) is 0 Å². The lowest BCUT2D eigenvalue weighted by molar-refractivity contribution is -0.0111. The molecule has 5 nitrogen and oxygen atoms in total. The molecule has 2 saturated carbocycles. The van der Waals surface area contributed by atoms with Gasteiger partial charge in [-0.3, -0.25) is 4.18 Å². The maximum absolute atomic E-state index is 13.6. The van der Waals surface area contributed by atoms with Crippen LogP contribution in [0.1, 0.15) is 114 Å². The Balaban J connectivity index is 1.25. The summed E-state index contributed by atoms with van der Waals surface area (Å²) in [5.74, 6) is 2.61. The highest BCUT2D eigenvalue weighted by Crippen LogP contribution is 2.61. The molecule has 2 fully saturated rings. The highest BCUT2D eigenvalue weighted by molar-refractivity contribution is 7.84. The SMILES string of the molecule is CCCCCN(CCCCC)S(=O)(=O)O[C@H]1CC[C@H]2[C@@H]3CCc4cc(OCc5ccccc5)ccc4[C@H]3CC[C@]12C. The Morgan fingerprint density at radius 2 is 1.63 bits per heavy atom. The summed E-state index contributed by atoms with van der Waals surface area (Å²) >= 11 is 0. The number of hydrogen-bond acceptors (Lipinski definition) is 4. The average molecular weight is 582 g/mol. The number of unbranched alkanes of at least 4 members (excludes halogenated alkanes) is 4. The van der Waals surface area contributed by atoms with Crippen LogP contribution in [0.15, 0.2) is 48.5 Å². The largest absolute Gasteiger partial charge is 0.489 e. The average Bonchev–Trinajstić information content (AvgIpc) is 3.30. The predicted molar refractivity (Wildman–Crippen MR) is 166 cm³/mol. The fourth-order valence-corrected chi connectivity index (χ4v) is 9.56. The van der Waals surface area contributed by atoms with Crippen molar-refractivity contribution in [1.82, 2.24) is 4.31 Å². The minimum atomic E-state index is -3.74. The Kier molecular flexibility index (Phi) is 10.1. The van der Waals surface area contributed by atoms with Gasteiger partial charge in [0.05, 0.1) is 6.10 Å². The molecule has 0 aliphatic heterocycles. The third kappa shape index (κ3) is 6.86. The van der Waals surface area contributed by atoms with Crippen molar-refractivity contribution >= 4 is 10.3 Å². The summed E-state index contributed by atoms with van der Waals surface area (Å²) in [5, 5.41) is 0. The lowest BCUT2D eigenvalue weighted by Gasteiger charge is -2.50. The first-order valence-corrected chi connectivity index (χ1v) is 17.7. The van der Waals surface area contributed by atoms with Crippen LogP contribution in [0.4, 0.5) is 0 Å². The minimum Gasteiger partial charge on any atom is -0.489 e. The minimum absolute atomic E-state index is 0.0804. The van der Waals surface area contributed by atoms with Crippen LogP contribution in [0.2, 0.25) is 0 Å². The number of aryl methyl sites for hydroxylation is 1. The van der Waals surface area contributed by atoms with Gasteiger partial charge in [-0.15, -0.1) is 0 Å². The Hall–Kier alpha value is -1.89. The molecule has 0 radical (unpaired) electrons. The van der Waals surface area contributed by atoms with E-state index in [0.29, 0.717) is 37.5 Å². The number of nitrogens with zero attached hydrogens (tertiary/aromatic N) is 1. The third-order valence-electron chi connectivity index (χ3n) is 10.4. The molecule has 0 N–H and O–H groups in total. The fraction of sp³-hybridized carbons (Fsp3) is 0.657. The van der Waals surface area contributed by atoms with Crippen LogP contribution in [-0.4, -0.2) is 31.9 Å². The maximum atomic E-state index is 13.6. The summed E-state index contributed by atoms with van der Waals surface area (Å²) in [4.78, 5) is 0. The molecule has 2 aromatic rings. The van der Waals surface area contributed by atoms with Crippen molar-refractivity contribution in [3.05, 3.63) is 65.2 Å². The van der Waals surface area contributed by atoms with Crippen molar-refractivity contribution in [3.8, 4) is 5.75 Å². The van der Waals surface area contributed by atoms with Crippen molar-refractivity contribution < 1.29 is 17.3 Å². The third-order valence-corrected chi connectivity index (χ3v) is 11.9. The van der Waals surface area contributed by atoms with E-state index in [9.17, 15) is 8.42 Å². The summed E-state index contributed by atoms with van der Waals surface area (Å²) < 4.78 is 41.2. The van der Waals surface area contributed by atoms with Crippen LogP contribution in [0.5, 0.6) is 5.75 Å². The lowest BCUT2D eigenvalue weighted by atomic mass is 9.55. The van der Waals surface area contributed by atoms with E-state index in [1.807, 2.05) is 18.2 Å². The molecule has 3 aliphatic rings. The molecule has 0 bridgehead atoms. The highest BCUT2D eigenvalue weighted by atomic mass is 32.2. The molecule has 0 aromatic heterocycles. The highest BCUT2D eigenvalue weighted by Gasteiger charge is 2.56. The molecule has 0 spiro atoms. The fourth-order valence-electron chi connectivity index (χ4n) is 8.12. The van der Waals surface area contributed by atoms with E-state index in [2.05, 4.69) is 51.1 Å². The number of benzene rings is 2. The van der Waals surface area contributed by atoms with E-state index in [0.717, 1.165) is 76.4 Å². The molecule has 226 valence electrons. The zero-order valence-corrected chi connectivity index (χ0v) is 26.3. The van der Waals surface area contributed by atoms with Gasteiger partial charge in [-0.05, 0) is 103 Å². The first kappa shape index (κ1) is 30.6. The van der Waals surface area contributed by atoms with Crippen LogP contribution in [0.3, 0.4) is 0 Å². The topological polar surface area (TPSA) is 55.8 Å². The molecule has 6 heteroatoms. The molecule has 0 amide bonds. The van der Waals surface area contributed by atoms with Gasteiger partial charge in [-0.1, -0.05) is 82.9 Å². The molecule has 0 heterocycles. The summed E-state index contributed by atoms with van der Waals surface area (Å²) in [7, 11) is -3.74. The number of fused-ring (bicyclic) bond motifs is 5. The first-order valence-electron chi connectivity index (χ1n) is 16.3. The molecule has 41 heavy (non-hydrogen) atoms. The molecule has 5 atom stereocenters. The van der Waals surface area contributed by atoms with Crippen LogP contribution >= 0.6 is 0 Å². The van der Waals surface area contributed by atoms with Crippen LogP contribution in [0, 0.1) is 17.3 Å². The van der Waals surface area contributed by atoms with Gasteiger partial charge >= 0.3 is 10.3 Å². The van der Waals surface area contributed by atoms with E-state index < -0.39 is 10.3 Å². The van der Waals surface area contributed by atoms with Crippen LogP contribution in [-0.2, 0) is 27.5 Å². The second-order valence-corrected chi connectivity index (χ2v) is 14.6. The van der Waals surface area contributed by atoms with Gasteiger partial charge in [0, 0.05) is 13.1 Å². The van der Waals surface area contributed by atoms with E-state index in [1.54, 1.807) is 4.31 Å². The van der Waals surface area contributed by atoms with E-state index >= 15 is 0 Å². The molecular weight excluding hydrogens is 530 g/mol. The van der Waals surface area contributed by atoms with E-state index in [1.165, 1.54) is 23.1 Å². The molecule has 0 unspecified atom stereocenters. The normalized spacial score (nSPS) is 27.3. The molecule has 3 aliphatic carbocycles. The number of hydrogen-bond donors (Lipinski definition) is 0. The molecule has 0 saturated heterocycles. The molecular formula is C35H51NO4S. The summed E-state index contributed by atoms with van der Waals surface area (Å²) in [6.07, 6.45) is 12.1. The maximum Gasteiger partial charge on any atom is 0.338 e. The van der Waals surface area contributed by atoms with Crippen molar-refractivity contribution in [2.45, 2.75) is 116 Å². The van der Waals surface area contributed by atoms with Crippen LogP contribution < -0.4 is 4.74 Å². The van der Waals surface area contributed by atoms with Gasteiger partial charge in [-0.2, -0.15) is 12.7 Å². The standard InChI is InChI=1S/C35H51NO4S/c1-4-6-11-23-36(24-12-7-5-2)41(37,38)40-34-20-19-33-32-17-15-28-25-29(39-26-27-13-9-8-10-14-27)16-18-30(28)31(32)21-22-35(33,34)3/h8-10,13-14,16,18,25,31-34H,4-7,11-12,15,17,19-24,26H2,1-3H3/t31-,32-,33+,34+,35+/m1/s1. The second-order valence-electron chi connectivity index (χ2n) is 13.0. The Morgan fingerprint density at radius 1 is 0.902 bits per heavy atom. The van der Waals surface area contributed by atoms with E-state index in [4.69, 9.17) is 8.92 Å². The predicted octanol–water partition coefficient (Wildman–Crippen LogP) is 8.43. The Morgan fingerprint density at radius 3 is 2.34 bits per heavy atom. The monoisotopic (exact) mass is 581 g/mol. The molecule has 2 aromatic carbocycles. The van der Waals surface area contributed by atoms with Gasteiger partial charge in [0.25, 0.3) is 0 Å². The summed E-state index contributed by atoms with van der Waals surface area (Å²) in [6.45, 7) is 8.38. The van der Waals surface area contributed by atoms with Crippen molar-refractivity contribution in [2.75, 3.05) is 13.1 Å². The Labute approximate surface area is 249 Å². The van der Waals surface area contributed by atoms with Gasteiger partial charge in [-0.25, -0.2) is 0 Å². The quantitative estimate of drug-likeness (QED) is 0.210. The van der Waals surface area contributed by atoms with Gasteiger partial charge in [0.1, 0.15) is 12.4 Å².